The van der Waals surface area contributed by atoms with Crippen molar-refractivity contribution in [2.45, 2.75) is 78.7 Å². The van der Waals surface area contributed by atoms with E-state index in [0.717, 1.165) is 49.9 Å². The summed E-state index contributed by atoms with van der Waals surface area (Å²) in [6.45, 7) is 15.7. The van der Waals surface area contributed by atoms with Crippen LogP contribution in [-0.2, 0) is 0 Å². The van der Waals surface area contributed by atoms with Gasteiger partial charge in [-0.1, -0.05) is 13.8 Å². The van der Waals surface area contributed by atoms with Crippen LogP contribution < -0.4 is 0 Å². The Bertz CT molecular complexity index is 454. The van der Waals surface area contributed by atoms with Crippen molar-refractivity contribution < 1.29 is 4.79 Å². The van der Waals surface area contributed by atoms with E-state index in [-0.39, 0.29) is 0 Å². The molecule has 3 aliphatic rings. The molecule has 0 aromatic rings. The summed E-state index contributed by atoms with van der Waals surface area (Å²) < 4.78 is 0. The second-order valence-electron chi connectivity index (χ2n) is 10.1. The highest BCUT2D eigenvalue weighted by Crippen LogP contribution is 2.31. The van der Waals surface area contributed by atoms with Crippen LogP contribution in [0.3, 0.4) is 0 Å². The Balaban J connectivity index is 1.36. The van der Waals surface area contributed by atoms with Gasteiger partial charge in [-0.15, -0.1) is 0 Å². The van der Waals surface area contributed by atoms with E-state index in [1.165, 1.54) is 58.0 Å². The van der Waals surface area contributed by atoms with E-state index in [4.69, 9.17) is 0 Å². The predicted octanol–water partition coefficient (Wildman–Crippen LogP) is 4.70. The highest BCUT2D eigenvalue weighted by molar-refractivity contribution is 5.74. The van der Waals surface area contributed by atoms with Crippen LogP contribution in [0.4, 0.5) is 4.79 Å². The number of hydrogen-bond donors (Lipinski definition) is 0. The van der Waals surface area contributed by atoms with Gasteiger partial charge in [0.1, 0.15) is 0 Å². The third-order valence-electron chi connectivity index (χ3n) is 7.68. The quantitative estimate of drug-likeness (QED) is 0.710. The van der Waals surface area contributed by atoms with Crippen LogP contribution in [0.15, 0.2) is 0 Å². The van der Waals surface area contributed by atoms with E-state index in [2.05, 4.69) is 42.4 Å². The van der Waals surface area contributed by atoms with Crippen LogP contribution in [0.5, 0.6) is 0 Å². The van der Waals surface area contributed by atoms with Crippen molar-refractivity contribution in [3.8, 4) is 0 Å². The molecule has 3 fully saturated rings. The molecule has 0 radical (unpaired) electrons. The van der Waals surface area contributed by atoms with Gasteiger partial charge in [0.15, 0.2) is 0 Å². The Labute approximate surface area is 167 Å². The lowest BCUT2D eigenvalue weighted by Crippen LogP contribution is -2.49. The molecular formula is C23H43N3O. The van der Waals surface area contributed by atoms with Crippen molar-refractivity contribution >= 4 is 6.03 Å². The molecular weight excluding hydrogens is 334 g/mol. The lowest BCUT2D eigenvalue weighted by Gasteiger charge is -2.40. The third-order valence-corrected chi connectivity index (χ3v) is 7.68. The summed E-state index contributed by atoms with van der Waals surface area (Å²) in [5.41, 5.74) is 0. The Kier molecular flexibility index (Phi) is 7.47. The summed E-state index contributed by atoms with van der Waals surface area (Å²) >= 11 is 0. The molecule has 3 aliphatic heterocycles. The van der Waals surface area contributed by atoms with Gasteiger partial charge in [0.2, 0.25) is 0 Å². The maximum Gasteiger partial charge on any atom is 0.319 e. The van der Waals surface area contributed by atoms with Crippen molar-refractivity contribution in [2.24, 2.45) is 23.7 Å². The van der Waals surface area contributed by atoms with Crippen molar-refractivity contribution in [3.63, 3.8) is 0 Å². The predicted molar refractivity (Wildman–Crippen MR) is 113 cm³/mol. The molecule has 4 nitrogen and oxygen atoms in total. The van der Waals surface area contributed by atoms with E-state index in [9.17, 15) is 4.79 Å². The Morgan fingerprint density at radius 3 is 1.63 bits per heavy atom. The van der Waals surface area contributed by atoms with Gasteiger partial charge in [-0.05, 0) is 95.6 Å². The second-order valence-corrected chi connectivity index (χ2v) is 10.1. The van der Waals surface area contributed by atoms with E-state index >= 15 is 0 Å². The average molecular weight is 378 g/mol. The number of likely N-dealkylation sites (tertiary alicyclic amines) is 3. The van der Waals surface area contributed by atoms with Gasteiger partial charge in [0.05, 0.1) is 0 Å². The molecule has 4 heteroatoms. The molecule has 0 bridgehead atoms. The van der Waals surface area contributed by atoms with Gasteiger partial charge in [0, 0.05) is 32.2 Å². The first kappa shape index (κ1) is 21.0. The van der Waals surface area contributed by atoms with Gasteiger partial charge in [-0.25, -0.2) is 4.79 Å². The molecule has 0 atom stereocenters. The number of hydrogen-bond acceptors (Lipinski definition) is 2. The normalized spacial score (nSPS) is 25.0. The van der Waals surface area contributed by atoms with Gasteiger partial charge < -0.3 is 14.7 Å². The van der Waals surface area contributed by atoms with E-state index < -0.39 is 0 Å². The number of carbonyl (C=O) groups excluding carboxylic acids is 1. The first-order valence-corrected chi connectivity index (χ1v) is 11.7. The first-order valence-electron chi connectivity index (χ1n) is 11.7. The number of piperidine rings is 3. The summed E-state index contributed by atoms with van der Waals surface area (Å²) in [6, 6.07) is 1.02. The molecule has 156 valence electrons. The molecule has 0 N–H and O–H groups in total. The van der Waals surface area contributed by atoms with Crippen LogP contribution in [-0.4, -0.2) is 66.0 Å². The molecule has 3 heterocycles. The van der Waals surface area contributed by atoms with Gasteiger partial charge in [-0.3, -0.25) is 0 Å². The Morgan fingerprint density at radius 2 is 1.19 bits per heavy atom. The molecule has 0 saturated carbocycles. The number of urea groups is 1. The maximum atomic E-state index is 12.9. The van der Waals surface area contributed by atoms with Gasteiger partial charge in [0.25, 0.3) is 0 Å². The fourth-order valence-electron chi connectivity index (χ4n) is 5.49. The molecule has 0 spiro atoms. The van der Waals surface area contributed by atoms with Crippen molar-refractivity contribution in [1.29, 1.82) is 0 Å². The zero-order valence-corrected chi connectivity index (χ0v) is 18.3. The Morgan fingerprint density at radius 1 is 0.741 bits per heavy atom. The molecule has 3 saturated heterocycles. The van der Waals surface area contributed by atoms with Gasteiger partial charge in [-0.2, -0.15) is 0 Å². The summed E-state index contributed by atoms with van der Waals surface area (Å²) in [4.78, 5) is 19.8. The van der Waals surface area contributed by atoms with Gasteiger partial charge >= 0.3 is 6.03 Å². The molecule has 27 heavy (non-hydrogen) atoms. The Hall–Kier alpha value is -0.770. The average Bonchev–Trinajstić information content (AvgIpc) is 2.68. The molecule has 0 aliphatic carbocycles. The topological polar surface area (TPSA) is 26.8 Å². The largest absolute Gasteiger partial charge is 0.325 e. The van der Waals surface area contributed by atoms with E-state index in [1.807, 2.05) is 0 Å². The minimum Gasteiger partial charge on any atom is -0.325 e. The molecule has 2 amide bonds. The second kappa shape index (κ2) is 9.62. The van der Waals surface area contributed by atoms with Crippen LogP contribution in [0, 0.1) is 23.7 Å². The highest BCUT2D eigenvalue weighted by atomic mass is 16.2. The van der Waals surface area contributed by atoms with Crippen LogP contribution in [0.1, 0.15) is 72.6 Å². The van der Waals surface area contributed by atoms with E-state index in [1.54, 1.807) is 0 Å². The van der Waals surface area contributed by atoms with Crippen LogP contribution in [0.2, 0.25) is 0 Å². The fourth-order valence-corrected chi connectivity index (χ4v) is 5.49. The first-order chi connectivity index (χ1) is 12.9. The molecule has 0 aromatic carbocycles. The summed E-state index contributed by atoms with van der Waals surface area (Å²) in [6.07, 6.45) is 8.97. The smallest absolute Gasteiger partial charge is 0.319 e. The third kappa shape index (κ3) is 5.62. The van der Waals surface area contributed by atoms with Crippen molar-refractivity contribution in [3.05, 3.63) is 0 Å². The SMILES string of the molecule is CC(C)C1CCN(C(=O)N2CCC(CC3CCN(C(C)C)CC3)CC2)CC1. The summed E-state index contributed by atoms with van der Waals surface area (Å²) in [7, 11) is 0. The fraction of sp³-hybridized carbons (Fsp3) is 0.957. The number of amides is 2. The molecule has 0 aromatic heterocycles. The highest BCUT2D eigenvalue weighted by Gasteiger charge is 2.31. The lowest BCUT2D eigenvalue weighted by molar-refractivity contribution is 0.0986. The summed E-state index contributed by atoms with van der Waals surface area (Å²) in [5.74, 6) is 3.32. The van der Waals surface area contributed by atoms with Crippen LogP contribution >= 0.6 is 0 Å². The lowest BCUT2D eigenvalue weighted by atomic mass is 9.82. The maximum absolute atomic E-state index is 12.9. The summed E-state index contributed by atoms with van der Waals surface area (Å²) in [5, 5.41) is 0. The number of rotatable bonds is 4. The van der Waals surface area contributed by atoms with Crippen LogP contribution in [0.25, 0.3) is 0 Å². The van der Waals surface area contributed by atoms with Crippen molar-refractivity contribution in [2.75, 3.05) is 39.3 Å². The zero-order chi connectivity index (χ0) is 19.4. The monoisotopic (exact) mass is 377 g/mol. The molecule has 0 unspecified atom stereocenters. The minimum absolute atomic E-state index is 0.320. The standard InChI is InChI=1S/C23H43N3O/c1-18(2)22-9-15-26(16-10-22)23(27)25-13-7-21(8-14-25)17-20-5-11-24(12-6-20)19(3)4/h18-22H,5-17H2,1-4H3. The number of nitrogens with zero attached hydrogens (tertiary/aromatic N) is 3. The zero-order valence-electron chi connectivity index (χ0n) is 18.3. The van der Waals surface area contributed by atoms with Crippen molar-refractivity contribution in [1.82, 2.24) is 14.7 Å². The minimum atomic E-state index is 0.320. The molecule has 3 rings (SSSR count). The van der Waals surface area contributed by atoms with E-state index in [0.29, 0.717) is 12.1 Å². The number of carbonyl (C=O) groups is 1.